The molecule has 0 aliphatic heterocycles. The van der Waals surface area contributed by atoms with Gasteiger partial charge >= 0.3 is 0 Å². The van der Waals surface area contributed by atoms with Crippen LogP contribution in [-0.4, -0.2) is 24.5 Å². The van der Waals surface area contributed by atoms with Gasteiger partial charge in [-0.2, -0.15) is 0 Å². The van der Waals surface area contributed by atoms with Crippen LogP contribution in [0.1, 0.15) is 15.9 Å². The van der Waals surface area contributed by atoms with E-state index >= 15 is 0 Å². The second kappa shape index (κ2) is 9.19. The largest absolute Gasteiger partial charge is 0.496 e. The summed E-state index contributed by atoms with van der Waals surface area (Å²) in [6.45, 7) is 0.463. The molecule has 0 unspecified atom stereocenters. The Bertz CT molecular complexity index is 981. The molecule has 144 valence electrons. The van der Waals surface area contributed by atoms with Crippen molar-refractivity contribution < 1.29 is 13.9 Å². The first kappa shape index (κ1) is 19.6. The van der Waals surface area contributed by atoms with Gasteiger partial charge in [-0.3, -0.25) is 9.78 Å². The Morgan fingerprint density at radius 3 is 2.75 bits per heavy atom. The Morgan fingerprint density at radius 1 is 1.14 bits per heavy atom. The van der Waals surface area contributed by atoms with E-state index in [-0.39, 0.29) is 10.9 Å². The van der Waals surface area contributed by atoms with Gasteiger partial charge in [0.1, 0.15) is 11.6 Å². The number of carbonyl (C=O) groups is 1. The Labute approximate surface area is 167 Å². The van der Waals surface area contributed by atoms with Crippen molar-refractivity contribution in [3.05, 3.63) is 82.9 Å². The van der Waals surface area contributed by atoms with Crippen LogP contribution in [0.15, 0.2) is 60.9 Å². The lowest BCUT2D eigenvalue weighted by atomic mass is 10.1. The second-order valence-corrected chi connectivity index (χ2v) is 6.44. The summed E-state index contributed by atoms with van der Waals surface area (Å²) in [4.78, 5) is 16.5. The predicted molar refractivity (Wildman–Crippen MR) is 108 cm³/mol. The number of pyridine rings is 1. The summed E-state index contributed by atoms with van der Waals surface area (Å²) >= 11 is 5.79. The fourth-order valence-corrected chi connectivity index (χ4v) is 2.88. The Morgan fingerprint density at radius 2 is 1.96 bits per heavy atom. The maximum Gasteiger partial charge on any atom is 0.252 e. The molecule has 3 rings (SSSR count). The number of carbonyl (C=O) groups excluding carboxylic acids is 1. The molecule has 1 amide bonds. The van der Waals surface area contributed by atoms with Crippen molar-refractivity contribution in [1.82, 2.24) is 10.3 Å². The third-order valence-electron chi connectivity index (χ3n) is 4.08. The van der Waals surface area contributed by atoms with E-state index < -0.39 is 5.82 Å². The van der Waals surface area contributed by atoms with Crippen LogP contribution in [0.4, 0.5) is 15.8 Å². The van der Waals surface area contributed by atoms with Crippen LogP contribution < -0.4 is 15.4 Å². The van der Waals surface area contributed by atoms with Crippen molar-refractivity contribution in [2.24, 2.45) is 0 Å². The van der Waals surface area contributed by atoms with Gasteiger partial charge in [0.05, 0.1) is 29.6 Å². The van der Waals surface area contributed by atoms with E-state index in [2.05, 4.69) is 15.6 Å². The number of benzene rings is 2. The molecule has 2 aromatic carbocycles. The number of ether oxygens (including phenoxy) is 1. The van der Waals surface area contributed by atoms with Crippen molar-refractivity contribution in [3.8, 4) is 5.75 Å². The highest BCUT2D eigenvalue weighted by molar-refractivity contribution is 6.31. The summed E-state index contributed by atoms with van der Waals surface area (Å²) in [6, 6.07) is 13.6. The average molecular weight is 400 g/mol. The van der Waals surface area contributed by atoms with Crippen molar-refractivity contribution in [3.63, 3.8) is 0 Å². The van der Waals surface area contributed by atoms with E-state index in [1.165, 1.54) is 18.3 Å². The number of methoxy groups -OCH3 is 1. The fraction of sp³-hybridized carbons (Fsp3) is 0.143. The molecule has 1 aromatic heterocycles. The highest BCUT2D eigenvalue weighted by Gasteiger charge is 2.09. The normalized spacial score (nSPS) is 10.4. The fourth-order valence-electron chi connectivity index (χ4n) is 2.70. The minimum Gasteiger partial charge on any atom is -0.496 e. The van der Waals surface area contributed by atoms with Gasteiger partial charge in [-0.25, -0.2) is 4.39 Å². The number of hydrogen-bond acceptors (Lipinski definition) is 4. The molecule has 0 atom stereocenters. The molecule has 5 nitrogen and oxygen atoms in total. The van der Waals surface area contributed by atoms with E-state index in [4.69, 9.17) is 16.3 Å². The molecule has 0 radical (unpaired) electrons. The molecule has 0 aliphatic carbocycles. The molecule has 7 heteroatoms. The quantitative estimate of drug-likeness (QED) is 0.609. The molecule has 0 saturated carbocycles. The summed E-state index contributed by atoms with van der Waals surface area (Å²) in [5, 5.41) is 5.94. The Kier molecular flexibility index (Phi) is 6.45. The van der Waals surface area contributed by atoms with Crippen LogP contribution in [0.3, 0.4) is 0 Å². The number of amides is 1. The van der Waals surface area contributed by atoms with Gasteiger partial charge in [-0.05, 0) is 42.3 Å². The standard InChI is InChI=1S/C21H19ClFN3O2/c1-28-20-5-3-2-4-14(20)8-9-25-21(27)15-10-17(13-24-12-15)26-16-6-7-19(23)18(22)11-16/h2-7,10-13,26H,8-9H2,1H3,(H,25,27). The highest BCUT2D eigenvalue weighted by atomic mass is 35.5. The first-order chi connectivity index (χ1) is 13.6. The van der Waals surface area contributed by atoms with Gasteiger partial charge < -0.3 is 15.4 Å². The van der Waals surface area contributed by atoms with Gasteiger partial charge in [0, 0.05) is 18.4 Å². The van der Waals surface area contributed by atoms with Crippen molar-refractivity contribution in [2.45, 2.75) is 6.42 Å². The lowest BCUT2D eigenvalue weighted by molar-refractivity contribution is 0.0953. The van der Waals surface area contributed by atoms with E-state index in [0.29, 0.717) is 29.9 Å². The zero-order valence-electron chi connectivity index (χ0n) is 15.2. The maximum absolute atomic E-state index is 13.3. The van der Waals surface area contributed by atoms with Crippen molar-refractivity contribution in [1.29, 1.82) is 0 Å². The third-order valence-corrected chi connectivity index (χ3v) is 4.37. The number of anilines is 2. The van der Waals surface area contributed by atoms with Crippen LogP contribution in [0.2, 0.25) is 5.02 Å². The maximum atomic E-state index is 13.3. The lowest BCUT2D eigenvalue weighted by Crippen LogP contribution is -2.26. The summed E-state index contributed by atoms with van der Waals surface area (Å²) in [5.74, 6) is 0.0688. The second-order valence-electron chi connectivity index (χ2n) is 6.03. The zero-order valence-corrected chi connectivity index (χ0v) is 16.0. The number of para-hydroxylation sites is 1. The number of aromatic nitrogens is 1. The molecular weight excluding hydrogens is 381 g/mol. The summed E-state index contributed by atoms with van der Waals surface area (Å²) in [7, 11) is 1.62. The van der Waals surface area contributed by atoms with Crippen LogP contribution >= 0.6 is 11.6 Å². The first-order valence-electron chi connectivity index (χ1n) is 8.64. The lowest BCUT2D eigenvalue weighted by Gasteiger charge is -2.10. The molecular formula is C21H19ClFN3O2. The molecule has 0 saturated heterocycles. The molecule has 0 aliphatic rings. The van der Waals surface area contributed by atoms with Gasteiger partial charge in [0.25, 0.3) is 5.91 Å². The third kappa shape index (κ3) is 4.98. The molecule has 2 N–H and O–H groups in total. The predicted octanol–water partition coefficient (Wildman–Crippen LogP) is 4.60. The monoisotopic (exact) mass is 399 g/mol. The van der Waals surface area contributed by atoms with E-state index in [1.54, 1.807) is 25.4 Å². The highest BCUT2D eigenvalue weighted by Crippen LogP contribution is 2.23. The van der Waals surface area contributed by atoms with Crippen LogP contribution in [0, 0.1) is 5.82 Å². The number of rotatable bonds is 7. The number of nitrogens with one attached hydrogen (secondary N) is 2. The van der Waals surface area contributed by atoms with E-state index in [9.17, 15) is 9.18 Å². The van der Waals surface area contributed by atoms with E-state index in [1.807, 2.05) is 24.3 Å². The molecule has 0 spiro atoms. The van der Waals surface area contributed by atoms with Crippen molar-refractivity contribution in [2.75, 3.05) is 19.0 Å². The van der Waals surface area contributed by atoms with Crippen LogP contribution in [0.5, 0.6) is 5.75 Å². The molecule has 28 heavy (non-hydrogen) atoms. The summed E-state index contributed by atoms with van der Waals surface area (Å²) in [5.41, 5.74) is 2.63. The molecule has 0 fully saturated rings. The average Bonchev–Trinajstić information content (AvgIpc) is 2.71. The number of halogens is 2. The zero-order chi connectivity index (χ0) is 19.9. The van der Waals surface area contributed by atoms with E-state index in [0.717, 1.165) is 11.3 Å². The Balaban J connectivity index is 1.61. The van der Waals surface area contributed by atoms with Gasteiger partial charge in [0.15, 0.2) is 0 Å². The Hall–Kier alpha value is -3.12. The number of nitrogens with zero attached hydrogens (tertiary/aromatic N) is 1. The summed E-state index contributed by atoms with van der Waals surface area (Å²) < 4.78 is 18.6. The van der Waals surface area contributed by atoms with Crippen LogP contribution in [0.25, 0.3) is 0 Å². The SMILES string of the molecule is COc1ccccc1CCNC(=O)c1cncc(Nc2ccc(F)c(Cl)c2)c1. The van der Waals surface area contributed by atoms with Crippen LogP contribution in [-0.2, 0) is 6.42 Å². The molecule has 3 aromatic rings. The number of hydrogen-bond donors (Lipinski definition) is 2. The molecule has 0 bridgehead atoms. The smallest absolute Gasteiger partial charge is 0.252 e. The van der Waals surface area contributed by atoms with Gasteiger partial charge in [-0.15, -0.1) is 0 Å². The molecule has 1 heterocycles. The minimum absolute atomic E-state index is 0.0168. The van der Waals surface area contributed by atoms with Gasteiger partial charge in [-0.1, -0.05) is 29.8 Å². The van der Waals surface area contributed by atoms with Gasteiger partial charge in [0.2, 0.25) is 0 Å². The van der Waals surface area contributed by atoms with Crippen molar-refractivity contribution >= 4 is 28.9 Å². The minimum atomic E-state index is -0.492. The topological polar surface area (TPSA) is 63.2 Å². The first-order valence-corrected chi connectivity index (χ1v) is 9.02. The summed E-state index contributed by atoms with van der Waals surface area (Å²) in [6.07, 6.45) is 3.71.